The van der Waals surface area contributed by atoms with Gasteiger partial charge in [-0.25, -0.2) is 0 Å². The van der Waals surface area contributed by atoms with Gasteiger partial charge < -0.3 is 10.3 Å². The van der Waals surface area contributed by atoms with Gasteiger partial charge in [0.1, 0.15) is 5.76 Å². The second-order valence-corrected chi connectivity index (χ2v) is 5.70. The number of aromatic nitrogens is 1. The lowest BCUT2D eigenvalue weighted by Gasteiger charge is -2.10. The first-order valence-corrected chi connectivity index (χ1v) is 7.13. The zero-order valence-electron chi connectivity index (χ0n) is 10.3. The molecule has 3 rings (SSSR count). The van der Waals surface area contributed by atoms with Gasteiger partial charge in [-0.2, -0.15) is 0 Å². The molecule has 0 spiro atoms. The van der Waals surface area contributed by atoms with Gasteiger partial charge in [-0.15, -0.1) is 0 Å². The zero-order chi connectivity index (χ0) is 13.4. The summed E-state index contributed by atoms with van der Waals surface area (Å²) in [5.74, 6) is 1.55. The summed E-state index contributed by atoms with van der Waals surface area (Å²) < 4.78 is 5.45. The van der Waals surface area contributed by atoms with Crippen molar-refractivity contribution in [3.63, 3.8) is 0 Å². The second kappa shape index (κ2) is 5.06. The number of nitrogens with two attached hydrogens (primary N) is 1. The van der Waals surface area contributed by atoms with E-state index in [1.165, 1.54) is 12.8 Å². The van der Waals surface area contributed by atoms with Crippen molar-refractivity contribution in [1.82, 2.24) is 5.16 Å². The molecule has 0 bridgehead atoms. The maximum Gasteiger partial charge on any atom is 0.175 e. The van der Waals surface area contributed by atoms with E-state index in [1.807, 2.05) is 6.07 Å². The Balaban J connectivity index is 2.16. The quantitative estimate of drug-likeness (QED) is 0.858. The van der Waals surface area contributed by atoms with Crippen molar-refractivity contribution in [2.75, 3.05) is 5.73 Å². The van der Waals surface area contributed by atoms with Crippen LogP contribution in [0.3, 0.4) is 0 Å². The lowest BCUT2D eigenvalue weighted by molar-refractivity contribution is 0.363. The average Bonchev–Trinajstić information content (AvgIpc) is 2.99. The van der Waals surface area contributed by atoms with E-state index in [9.17, 15) is 0 Å². The zero-order valence-corrected chi connectivity index (χ0v) is 11.8. The van der Waals surface area contributed by atoms with Crippen LogP contribution in [0.4, 0.5) is 5.82 Å². The largest absolute Gasteiger partial charge is 0.380 e. The molecule has 0 radical (unpaired) electrons. The van der Waals surface area contributed by atoms with Crippen molar-refractivity contribution >= 4 is 29.0 Å². The summed E-state index contributed by atoms with van der Waals surface area (Å²) >= 11 is 12.5. The molecule has 1 aromatic carbocycles. The molecule has 2 aromatic rings. The molecule has 1 heterocycles. The van der Waals surface area contributed by atoms with Gasteiger partial charge in [-0.05, 0) is 25.0 Å². The molecule has 5 heteroatoms. The monoisotopic (exact) mass is 296 g/mol. The number of rotatable bonds is 2. The van der Waals surface area contributed by atoms with Crippen LogP contribution in [0.5, 0.6) is 0 Å². The molecule has 1 aliphatic carbocycles. The number of halogens is 2. The van der Waals surface area contributed by atoms with Crippen molar-refractivity contribution in [3.05, 3.63) is 34.0 Å². The number of nitrogens with zero attached hydrogens (tertiary/aromatic N) is 1. The minimum absolute atomic E-state index is 0.358. The third kappa shape index (κ3) is 2.21. The van der Waals surface area contributed by atoms with Crippen LogP contribution in [-0.4, -0.2) is 5.16 Å². The molecule has 0 saturated heterocycles. The summed E-state index contributed by atoms with van der Waals surface area (Å²) in [6.45, 7) is 0. The van der Waals surface area contributed by atoms with Crippen molar-refractivity contribution in [3.8, 4) is 11.1 Å². The van der Waals surface area contributed by atoms with Gasteiger partial charge in [0.2, 0.25) is 0 Å². The molecule has 1 aromatic heterocycles. The maximum atomic E-state index is 6.26. The molecular formula is C14H14Cl2N2O. The first kappa shape index (κ1) is 12.8. The standard InChI is InChI=1S/C14H14Cl2N2O/c15-9-6-3-7-10(16)11(9)12-13(19-18-14(12)17)8-4-1-2-5-8/h3,6-8H,1-2,4-5H2,(H2,17,18). The van der Waals surface area contributed by atoms with Gasteiger partial charge in [0.25, 0.3) is 0 Å². The van der Waals surface area contributed by atoms with Crippen molar-refractivity contribution in [1.29, 1.82) is 0 Å². The van der Waals surface area contributed by atoms with Gasteiger partial charge in [-0.3, -0.25) is 0 Å². The summed E-state index contributed by atoms with van der Waals surface area (Å²) in [7, 11) is 0. The Morgan fingerprint density at radius 1 is 1.11 bits per heavy atom. The molecule has 19 heavy (non-hydrogen) atoms. The minimum Gasteiger partial charge on any atom is -0.380 e. The molecule has 100 valence electrons. The summed E-state index contributed by atoms with van der Waals surface area (Å²) in [4.78, 5) is 0. The van der Waals surface area contributed by atoms with Crippen LogP contribution in [0.25, 0.3) is 11.1 Å². The van der Waals surface area contributed by atoms with Crippen LogP contribution in [0.1, 0.15) is 37.4 Å². The number of benzene rings is 1. The molecule has 0 aliphatic heterocycles. The Labute approximate surface area is 121 Å². The first-order chi connectivity index (χ1) is 9.18. The second-order valence-electron chi connectivity index (χ2n) is 4.89. The Kier molecular flexibility index (Phi) is 3.42. The fourth-order valence-corrected chi connectivity index (χ4v) is 3.36. The Bertz CT molecular complexity index is 583. The van der Waals surface area contributed by atoms with Gasteiger partial charge in [-0.1, -0.05) is 47.3 Å². The topological polar surface area (TPSA) is 52.0 Å². The van der Waals surface area contributed by atoms with E-state index < -0.39 is 0 Å². The third-order valence-corrected chi connectivity index (χ3v) is 4.31. The Morgan fingerprint density at radius 3 is 2.37 bits per heavy atom. The highest BCUT2D eigenvalue weighted by atomic mass is 35.5. The fraction of sp³-hybridized carbons (Fsp3) is 0.357. The van der Waals surface area contributed by atoms with E-state index in [4.69, 9.17) is 33.5 Å². The van der Waals surface area contributed by atoms with Gasteiger partial charge in [0.05, 0.1) is 15.6 Å². The van der Waals surface area contributed by atoms with Crippen molar-refractivity contribution in [2.45, 2.75) is 31.6 Å². The van der Waals surface area contributed by atoms with E-state index >= 15 is 0 Å². The molecule has 0 atom stereocenters. The predicted molar refractivity (Wildman–Crippen MR) is 77.6 cm³/mol. The van der Waals surface area contributed by atoms with E-state index in [0.717, 1.165) is 29.7 Å². The Morgan fingerprint density at radius 2 is 1.74 bits per heavy atom. The number of nitrogen functional groups attached to an aromatic ring is 1. The summed E-state index contributed by atoms with van der Waals surface area (Å²) in [5, 5.41) is 5.05. The fourth-order valence-electron chi connectivity index (χ4n) is 2.77. The van der Waals surface area contributed by atoms with E-state index in [0.29, 0.717) is 21.8 Å². The predicted octanol–water partition coefficient (Wildman–Crippen LogP) is 4.89. The summed E-state index contributed by atoms with van der Waals surface area (Å²) in [6.07, 6.45) is 4.62. The van der Waals surface area contributed by atoms with Crippen molar-refractivity contribution in [2.24, 2.45) is 0 Å². The van der Waals surface area contributed by atoms with Crippen LogP contribution >= 0.6 is 23.2 Å². The molecule has 0 amide bonds. The summed E-state index contributed by atoms with van der Waals surface area (Å²) in [6, 6.07) is 5.41. The van der Waals surface area contributed by atoms with Crippen LogP contribution in [0.2, 0.25) is 10.0 Å². The normalized spacial score (nSPS) is 16.1. The van der Waals surface area contributed by atoms with Crippen molar-refractivity contribution < 1.29 is 4.52 Å². The van der Waals surface area contributed by atoms with Gasteiger partial charge >= 0.3 is 0 Å². The SMILES string of the molecule is Nc1noc(C2CCCC2)c1-c1c(Cl)cccc1Cl. The minimum atomic E-state index is 0.358. The lowest BCUT2D eigenvalue weighted by Crippen LogP contribution is -1.96. The molecule has 1 aliphatic rings. The summed E-state index contributed by atoms with van der Waals surface area (Å²) in [5.41, 5.74) is 7.45. The highest BCUT2D eigenvalue weighted by molar-refractivity contribution is 6.39. The highest BCUT2D eigenvalue weighted by Crippen LogP contribution is 2.45. The third-order valence-electron chi connectivity index (χ3n) is 3.68. The average molecular weight is 297 g/mol. The molecule has 1 fully saturated rings. The molecular weight excluding hydrogens is 283 g/mol. The van der Waals surface area contributed by atoms with Gasteiger partial charge in [0, 0.05) is 11.5 Å². The Hall–Kier alpha value is -1.19. The molecule has 1 saturated carbocycles. The van der Waals surface area contributed by atoms with E-state index in [-0.39, 0.29) is 0 Å². The molecule has 3 nitrogen and oxygen atoms in total. The lowest BCUT2D eigenvalue weighted by atomic mass is 9.96. The van der Waals surface area contributed by atoms with E-state index in [1.54, 1.807) is 12.1 Å². The van der Waals surface area contributed by atoms with Crippen LogP contribution in [0, 0.1) is 0 Å². The first-order valence-electron chi connectivity index (χ1n) is 6.38. The van der Waals surface area contributed by atoms with Crippen LogP contribution < -0.4 is 5.73 Å². The molecule has 0 unspecified atom stereocenters. The maximum absolute atomic E-state index is 6.26. The van der Waals surface area contributed by atoms with E-state index in [2.05, 4.69) is 5.16 Å². The molecule has 2 N–H and O–H groups in total. The van der Waals surface area contributed by atoms with Crippen LogP contribution in [-0.2, 0) is 0 Å². The number of hydrogen-bond donors (Lipinski definition) is 1. The van der Waals surface area contributed by atoms with Crippen LogP contribution in [0.15, 0.2) is 22.7 Å². The van der Waals surface area contributed by atoms with Gasteiger partial charge in [0.15, 0.2) is 5.82 Å². The number of hydrogen-bond acceptors (Lipinski definition) is 3. The smallest absolute Gasteiger partial charge is 0.175 e. The highest BCUT2D eigenvalue weighted by Gasteiger charge is 2.28. The number of anilines is 1.